The highest BCUT2D eigenvalue weighted by Gasteiger charge is 2.37. The third-order valence-corrected chi connectivity index (χ3v) is 8.44. The molecular weight excluding hydrogens is 445 g/mol. The lowest BCUT2D eigenvalue weighted by Gasteiger charge is -2.26. The van der Waals surface area contributed by atoms with Crippen molar-refractivity contribution in [1.29, 1.82) is 0 Å². The summed E-state index contributed by atoms with van der Waals surface area (Å²) in [6.07, 6.45) is -2.16. The fourth-order valence-corrected chi connectivity index (χ4v) is 6.14. The van der Waals surface area contributed by atoms with E-state index in [9.17, 15) is 30.0 Å². The summed E-state index contributed by atoms with van der Waals surface area (Å²) >= 11 is 0. The van der Waals surface area contributed by atoms with Gasteiger partial charge in [0.15, 0.2) is 0 Å². The zero-order valence-electron chi connectivity index (χ0n) is 16.8. The second kappa shape index (κ2) is 10.4. The Morgan fingerprint density at radius 3 is 2.10 bits per heavy atom. The third kappa shape index (κ3) is 6.64. The highest BCUT2D eigenvalue weighted by molar-refractivity contribution is 7.89. The fraction of sp³-hybridized carbons (Fsp3) is 0.667. The van der Waals surface area contributed by atoms with E-state index in [-0.39, 0.29) is 29.4 Å². The number of benzene rings is 1. The van der Waals surface area contributed by atoms with E-state index >= 15 is 0 Å². The molecule has 30 heavy (non-hydrogen) atoms. The number of alkyl halides is 3. The first kappa shape index (κ1) is 25.1. The molecule has 1 heterocycles. The molecule has 12 heteroatoms. The number of nitrogens with zero attached hydrogens (tertiary/aromatic N) is 2. The zero-order chi connectivity index (χ0) is 22.4. The Kier molecular flexibility index (Phi) is 8.69. The number of halogens is 3. The largest absolute Gasteiger partial charge is 0.402 e. The highest BCUT2D eigenvalue weighted by atomic mass is 32.2. The van der Waals surface area contributed by atoms with Crippen LogP contribution in [0, 0.1) is 0 Å². The van der Waals surface area contributed by atoms with Crippen molar-refractivity contribution < 1.29 is 34.7 Å². The van der Waals surface area contributed by atoms with Gasteiger partial charge in [-0.3, -0.25) is 0 Å². The maximum absolute atomic E-state index is 12.9. The lowest BCUT2D eigenvalue weighted by Crippen LogP contribution is -2.40. The van der Waals surface area contributed by atoms with Crippen LogP contribution in [0.5, 0.6) is 0 Å². The maximum atomic E-state index is 12.9. The quantitative estimate of drug-likeness (QED) is 0.489. The Labute approximate surface area is 175 Å². The SMILES string of the molecule is CCOCCCN(CC(F)(F)F)S(=O)(=O)c1ccc(S(=O)(=O)N2CCCCC2)cc1. The van der Waals surface area contributed by atoms with Gasteiger partial charge in [0.1, 0.15) is 6.54 Å². The number of piperidine rings is 1. The predicted molar refractivity (Wildman–Crippen MR) is 105 cm³/mol. The number of rotatable bonds is 10. The summed E-state index contributed by atoms with van der Waals surface area (Å²) in [5.74, 6) is 0. The predicted octanol–water partition coefficient (Wildman–Crippen LogP) is 2.84. The average Bonchev–Trinajstić information content (AvgIpc) is 2.70. The molecule has 1 aromatic rings. The van der Waals surface area contributed by atoms with Gasteiger partial charge < -0.3 is 4.74 Å². The molecule has 1 fully saturated rings. The smallest absolute Gasteiger partial charge is 0.382 e. The van der Waals surface area contributed by atoms with E-state index in [0.29, 0.717) is 24.0 Å². The van der Waals surface area contributed by atoms with Gasteiger partial charge in [-0.2, -0.15) is 21.8 Å². The van der Waals surface area contributed by atoms with E-state index in [0.717, 1.165) is 43.5 Å². The molecule has 7 nitrogen and oxygen atoms in total. The molecule has 0 aliphatic carbocycles. The maximum Gasteiger partial charge on any atom is 0.402 e. The van der Waals surface area contributed by atoms with Gasteiger partial charge in [0.05, 0.1) is 9.79 Å². The molecule has 0 aromatic heterocycles. The lowest BCUT2D eigenvalue weighted by atomic mass is 10.2. The Balaban J connectivity index is 2.23. The molecule has 0 amide bonds. The Morgan fingerprint density at radius 1 is 1.00 bits per heavy atom. The van der Waals surface area contributed by atoms with Crippen LogP contribution < -0.4 is 0 Å². The second-order valence-electron chi connectivity index (χ2n) is 6.94. The minimum absolute atomic E-state index is 0.0814. The van der Waals surface area contributed by atoms with Crippen molar-refractivity contribution in [3.63, 3.8) is 0 Å². The molecule has 0 bridgehead atoms. The van der Waals surface area contributed by atoms with Gasteiger partial charge in [0.25, 0.3) is 0 Å². The van der Waals surface area contributed by atoms with Crippen LogP contribution in [0.15, 0.2) is 34.1 Å². The second-order valence-corrected chi connectivity index (χ2v) is 10.8. The average molecular weight is 473 g/mol. The molecule has 0 atom stereocenters. The monoisotopic (exact) mass is 472 g/mol. The summed E-state index contributed by atoms with van der Waals surface area (Å²) in [5, 5.41) is 0. The summed E-state index contributed by atoms with van der Waals surface area (Å²) in [6, 6.07) is 4.34. The van der Waals surface area contributed by atoms with E-state index in [1.807, 2.05) is 0 Å². The van der Waals surface area contributed by atoms with Crippen LogP contribution in [0.3, 0.4) is 0 Å². The fourth-order valence-electron chi connectivity index (χ4n) is 3.16. The van der Waals surface area contributed by atoms with E-state index in [2.05, 4.69) is 0 Å². The van der Waals surface area contributed by atoms with Gasteiger partial charge in [-0.05, 0) is 50.5 Å². The van der Waals surface area contributed by atoms with Crippen LogP contribution in [0.1, 0.15) is 32.6 Å². The van der Waals surface area contributed by atoms with Gasteiger partial charge in [0.2, 0.25) is 20.0 Å². The van der Waals surface area contributed by atoms with Gasteiger partial charge in [0, 0.05) is 32.8 Å². The van der Waals surface area contributed by atoms with E-state index < -0.39 is 32.8 Å². The summed E-state index contributed by atoms with van der Waals surface area (Å²) in [7, 11) is -8.22. The molecule has 1 aliphatic heterocycles. The van der Waals surface area contributed by atoms with Crippen molar-refractivity contribution in [3.8, 4) is 0 Å². The van der Waals surface area contributed by atoms with Crippen molar-refractivity contribution in [2.75, 3.05) is 39.4 Å². The lowest BCUT2D eigenvalue weighted by molar-refractivity contribution is -0.136. The molecular formula is C18H27F3N2O5S2. The van der Waals surface area contributed by atoms with E-state index in [1.54, 1.807) is 6.92 Å². The van der Waals surface area contributed by atoms with Gasteiger partial charge in [-0.25, -0.2) is 16.8 Å². The number of hydrogen-bond donors (Lipinski definition) is 0. The number of ether oxygens (including phenoxy) is 1. The minimum atomic E-state index is -4.71. The molecule has 0 radical (unpaired) electrons. The molecule has 172 valence electrons. The molecule has 0 unspecified atom stereocenters. The van der Waals surface area contributed by atoms with E-state index in [4.69, 9.17) is 4.74 Å². The van der Waals surface area contributed by atoms with Crippen LogP contribution >= 0.6 is 0 Å². The van der Waals surface area contributed by atoms with Crippen LogP contribution in [-0.4, -0.2) is 71.0 Å². The van der Waals surface area contributed by atoms with Crippen LogP contribution in [0.4, 0.5) is 13.2 Å². The van der Waals surface area contributed by atoms with Crippen molar-refractivity contribution in [2.24, 2.45) is 0 Å². The van der Waals surface area contributed by atoms with Crippen LogP contribution in [0.2, 0.25) is 0 Å². The Morgan fingerprint density at radius 2 is 1.57 bits per heavy atom. The number of sulfonamides is 2. The summed E-state index contributed by atoms with van der Waals surface area (Å²) < 4.78 is 96.4. The molecule has 0 N–H and O–H groups in total. The van der Waals surface area contributed by atoms with Crippen LogP contribution in [0.25, 0.3) is 0 Å². The standard InChI is InChI=1S/C18H27F3N2O5S2/c1-2-28-14-6-13-23(15-18(19,20)21)30(26,27)17-9-7-16(8-10-17)29(24,25)22-11-4-3-5-12-22/h7-10H,2-6,11-15H2,1H3. The first-order valence-electron chi connectivity index (χ1n) is 9.73. The topological polar surface area (TPSA) is 84.0 Å². The summed E-state index contributed by atoms with van der Waals surface area (Å²) in [4.78, 5) is -0.470. The van der Waals surface area contributed by atoms with Gasteiger partial charge in [-0.15, -0.1) is 0 Å². The molecule has 0 saturated carbocycles. The molecule has 2 rings (SSSR count). The minimum Gasteiger partial charge on any atom is -0.382 e. The Hall–Kier alpha value is -1.21. The highest BCUT2D eigenvalue weighted by Crippen LogP contribution is 2.26. The first-order valence-corrected chi connectivity index (χ1v) is 12.6. The van der Waals surface area contributed by atoms with Crippen molar-refractivity contribution in [3.05, 3.63) is 24.3 Å². The van der Waals surface area contributed by atoms with Crippen molar-refractivity contribution in [2.45, 2.75) is 48.6 Å². The summed E-state index contributed by atoms with van der Waals surface area (Å²) in [6.45, 7) is 1.02. The van der Waals surface area contributed by atoms with Crippen molar-refractivity contribution in [1.82, 2.24) is 8.61 Å². The van der Waals surface area contributed by atoms with Gasteiger partial charge in [-0.1, -0.05) is 6.42 Å². The Bertz CT molecular complexity index is 881. The molecule has 1 saturated heterocycles. The summed E-state index contributed by atoms with van der Waals surface area (Å²) in [5.41, 5.74) is 0. The first-order chi connectivity index (χ1) is 14.0. The van der Waals surface area contributed by atoms with Crippen LogP contribution in [-0.2, 0) is 24.8 Å². The molecule has 1 aromatic carbocycles. The molecule has 1 aliphatic rings. The zero-order valence-corrected chi connectivity index (χ0v) is 18.4. The molecule has 0 spiro atoms. The number of hydrogen-bond acceptors (Lipinski definition) is 5. The normalized spacial score (nSPS) is 16.8. The van der Waals surface area contributed by atoms with Gasteiger partial charge >= 0.3 is 6.18 Å². The third-order valence-electron chi connectivity index (χ3n) is 4.67. The van der Waals surface area contributed by atoms with Crippen molar-refractivity contribution >= 4 is 20.0 Å². The van der Waals surface area contributed by atoms with E-state index in [1.165, 1.54) is 4.31 Å².